The van der Waals surface area contributed by atoms with Crippen LogP contribution in [0.2, 0.25) is 5.02 Å². The number of ether oxygens (including phenoxy) is 1. The molecule has 2 N–H and O–H groups in total. The van der Waals surface area contributed by atoms with Gasteiger partial charge in [0, 0.05) is 18.3 Å². The van der Waals surface area contributed by atoms with Gasteiger partial charge in [-0.25, -0.2) is 9.78 Å². The molecule has 1 aromatic carbocycles. The van der Waals surface area contributed by atoms with Crippen molar-refractivity contribution in [2.45, 2.75) is 13.3 Å². The van der Waals surface area contributed by atoms with Crippen molar-refractivity contribution in [3.8, 4) is 5.75 Å². The number of amides is 2. The number of aromatic nitrogens is 1. The lowest BCUT2D eigenvalue weighted by Gasteiger charge is -2.13. The minimum Gasteiger partial charge on any atom is -0.490 e. The van der Waals surface area contributed by atoms with Crippen molar-refractivity contribution in [2.24, 2.45) is 0 Å². The first-order valence-corrected chi connectivity index (χ1v) is 7.86. The highest BCUT2D eigenvalue weighted by Gasteiger charge is 2.10. The highest BCUT2D eigenvalue weighted by molar-refractivity contribution is 7.07. The summed E-state index contributed by atoms with van der Waals surface area (Å²) in [4.78, 5) is 16.0. The van der Waals surface area contributed by atoms with Gasteiger partial charge in [-0.3, -0.25) is 0 Å². The summed E-state index contributed by atoms with van der Waals surface area (Å²) in [5, 5.41) is 7.94. The average molecular weight is 326 g/mol. The SMILES string of the molecule is CCOc1c(Cl)cccc1NC(=O)NCCc1cscn1. The Morgan fingerprint density at radius 2 is 2.33 bits per heavy atom. The maximum absolute atomic E-state index is 11.9. The third-order valence-corrected chi connectivity index (χ3v) is 3.59. The molecule has 0 aliphatic heterocycles. The zero-order chi connectivity index (χ0) is 15.1. The van der Waals surface area contributed by atoms with E-state index >= 15 is 0 Å². The number of hydrogen-bond donors (Lipinski definition) is 2. The Bertz CT molecular complexity index is 590. The minimum atomic E-state index is -0.298. The maximum atomic E-state index is 11.9. The van der Waals surface area contributed by atoms with Crippen molar-refractivity contribution >= 4 is 34.7 Å². The number of carbonyl (C=O) groups is 1. The number of halogens is 1. The predicted molar refractivity (Wildman–Crippen MR) is 85.5 cm³/mol. The number of para-hydroxylation sites is 1. The zero-order valence-electron chi connectivity index (χ0n) is 11.6. The molecule has 21 heavy (non-hydrogen) atoms. The summed E-state index contributed by atoms with van der Waals surface area (Å²) in [5.41, 5.74) is 3.30. The van der Waals surface area contributed by atoms with Crippen molar-refractivity contribution in [3.05, 3.63) is 39.8 Å². The summed E-state index contributed by atoms with van der Waals surface area (Å²) in [5.74, 6) is 0.483. The summed E-state index contributed by atoms with van der Waals surface area (Å²) >= 11 is 7.60. The standard InChI is InChI=1S/C14H16ClN3O2S/c1-2-20-13-11(15)4-3-5-12(13)18-14(19)16-7-6-10-8-21-9-17-10/h3-5,8-9H,2,6-7H2,1H3,(H2,16,18,19). The molecule has 2 amide bonds. The van der Waals surface area contributed by atoms with Gasteiger partial charge in [0.25, 0.3) is 0 Å². The molecule has 0 unspecified atom stereocenters. The topological polar surface area (TPSA) is 63.2 Å². The molecule has 0 atom stereocenters. The number of thiazole rings is 1. The Hall–Kier alpha value is -1.79. The van der Waals surface area contributed by atoms with Crippen molar-refractivity contribution in [2.75, 3.05) is 18.5 Å². The smallest absolute Gasteiger partial charge is 0.319 e. The molecule has 2 rings (SSSR count). The number of hydrogen-bond acceptors (Lipinski definition) is 4. The highest BCUT2D eigenvalue weighted by atomic mass is 35.5. The molecule has 1 heterocycles. The van der Waals surface area contributed by atoms with Gasteiger partial charge in [-0.15, -0.1) is 11.3 Å². The number of urea groups is 1. The molecular formula is C14H16ClN3O2S. The fourth-order valence-corrected chi connectivity index (χ4v) is 2.55. The van der Waals surface area contributed by atoms with E-state index in [0.29, 0.717) is 36.0 Å². The third-order valence-electron chi connectivity index (χ3n) is 2.65. The van der Waals surface area contributed by atoms with Crippen LogP contribution in [0, 0.1) is 0 Å². The second-order valence-electron chi connectivity index (χ2n) is 4.16. The largest absolute Gasteiger partial charge is 0.490 e. The van der Waals surface area contributed by atoms with Crippen molar-refractivity contribution < 1.29 is 9.53 Å². The number of rotatable bonds is 6. The van der Waals surface area contributed by atoms with Gasteiger partial charge >= 0.3 is 6.03 Å². The van der Waals surface area contributed by atoms with Crippen LogP contribution in [0.3, 0.4) is 0 Å². The lowest BCUT2D eigenvalue weighted by atomic mass is 10.3. The van der Waals surface area contributed by atoms with Crippen LogP contribution in [0.4, 0.5) is 10.5 Å². The quantitative estimate of drug-likeness (QED) is 0.853. The summed E-state index contributed by atoms with van der Waals surface area (Å²) in [7, 11) is 0. The minimum absolute atomic E-state index is 0.298. The molecule has 2 aromatic rings. The molecule has 0 spiro atoms. The molecule has 0 aliphatic carbocycles. The van der Waals surface area contributed by atoms with Gasteiger partial charge in [0.05, 0.1) is 28.5 Å². The van der Waals surface area contributed by atoms with Crippen LogP contribution in [0.5, 0.6) is 5.75 Å². The van der Waals surface area contributed by atoms with Crippen molar-refractivity contribution in [3.63, 3.8) is 0 Å². The summed E-state index contributed by atoms with van der Waals surface area (Å²) in [6.45, 7) is 2.85. The molecule has 7 heteroatoms. The summed E-state index contributed by atoms with van der Waals surface area (Å²) in [6.07, 6.45) is 0.699. The molecular weight excluding hydrogens is 310 g/mol. The Balaban J connectivity index is 1.88. The van der Waals surface area contributed by atoms with Gasteiger partial charge in [-0.2, -0.15) is 0 Å². The first-order chi connectivity index (χ1) is 10.2. The normalized spacial score (nSPS) is 10.2. The van der Waals surface area contributed by atoms with E-state index in [9.17, 15) is 4.79 Å². The summed E-state index contributed by atoms with van der Waals surface area (Å²) in [6, 6.07) is 4.93. The Morgan fingerprint density at radius 3 is 3.05 bits per heavy atom. The molecule has 0 bridgehead atoms. The number of anilines is 1. The first kappa shape index (κ1) is 15.6. The van der Waals surface area contributed by atoms with E-state index in [0.717, 1.165) is 5.69 Å². The van der Waals surface area contributed by atoms with Crippen LogP contribution in [0.25, 0.3) is 0 Å². The van der Waals surface area contributed by atoms with Crippen LogP contribution in [0.1, 0.15) is 12.6 Å². The molecule has 0 fully saturated rings. The van der Waals surface area contributed by atoms with E-state index in [1.54, 1.807) is 23.7 Å². The van der Waals surface area contributed by atoms with Crippen LogP contribution in [0.15, 0.2) is 29.1 Å². The number of nitrogens with zero attached hydrogens (tertiary/aromatic N) is 1. The molecule has 1 aromatic heterocycles. The zero-order valence-corrected chi connectivity index (χ0v) is 13.1. The van der Waals surface area contributed by atoms with E-state index < -0.39 is 0 Å². The van der Waals surface area contributed by atoms with Crippen LogP contribution < -0.4 is 15.4 Å². The predicted octanol–water partition coefficient (Wildman–Crippen LogP) is 3.56. The second-order valence-corrected chi connectivity index (χ2v) is 5.29. The Labute approximate surface area is 132 Å². The number of nitrogens with one attached hydrogen (secondary N) is 2. The van der Waals surface area contributed by atoms with E-state index in [1.807, 2.05) is 12.3 Å². The second kappa shape index (κ2) is 7.85. The van der Waals surface area contributed by atoms with Crippen LogP contribution in [-0.2, 0) is 6.42 Å². The Kier molecular flexibility index (Phi) is 5.83. The summed E-state index contributed by atoms with van der Waals surface area (Å²) < 4.78 is 5.45. The number of carbonyl (C=O) groups excluding carboxylic acids is 1. The van der Waals surface area contributed by atoms with Crippen LogP contribution in [-0.4, -0.2) is 24.2 Å². The van der Waals surface area contributed by atoms with Gasteiger partial charge in [0.2, 0.25) is 0 Å². The first-order valence-electron chi connectivity index (χ1n) is 6.54. The van der Waals surface area contributed by atoms with E-state index in [2.05, 4.69) is 15.6 Å². The van der Waals surface area contributed by atoms with E-state index in [4.69, 9.17) is 16.3 Å². The average Bonchev–Trinajstić information content (AvgIpc) is 2.96. The van der Waals surface area contributed by atoms with Gasteiger partial charge < -0.3 is 15.4 Å². The lowest BCUT2D eigenvalue weighted by molar-refractivity contribution is 0.252. The molecule has 0 aliphatic rings. The molecule has 0 saturated carbocycles. The third kappa shape index (κ3) is 4.61. The van der Waals surface area contributed by atoms with Gasteiger partial charge in [0.15, 0.2) is 5.75 Å². The fourth-order valence-electron chi connectivity index (χ4n) is 1.73. The molecule has 0 saturated heterocycles. The fraction of sp³-hybridized carbons (Fsp3) is 0.286. The highest BCUT2D eigenvalue weighted by Crippen LogP contribution is 2.32. The van der Waals surface area contributed by atoms with Gasteiger partial charge in [0.1, 0.15) is 0 Å². The van der Waals surface area contributed by atoms with Gasteiger partial charge in [-0.1, -0.05) is 17.7 Å². The number of benzene rings is 1. The van der Waals surface area contributed by atoms with E-state index in [-0.39, 0.29) is 6.03 Å². The van der Waals surface area contributed by atoms with E-state index in [1.165, 1.54) is 11.3 Å². The maximum Gasteiger partial charge on any atom is 0.319 e. The molecule has 112 valence electrons. The Morgan fingerprint density at radius 1 is 1.48 bits per heavy atom. The molecule has 0 radical (unpaired) electrons. The van der Waals surface area contributed by atoms with Crippen LogP contribution >= 0.6 is 22.9 Å². The monoisotopic (exact) mass is 325 g/mol. The lowest BCUT2D eigenvalue weighted by Crippen LogP contribution is -2.30. The van der Waals surface area contributed by atoms with Crippen molar-refractivity contribution in [1.29, 1.82) is 0 Å². The molecule has 5 nitrogen and oxygen atoms in total. The van der Waals surface area contributed by atoms with Crippen molar-refractivity contribution in [1.82, 2.24) is 10.3 Å². The van der Waals surface area contributed by atoms with Gasteiger partial charge in [-0.05, 0) is 19.1 Å².